The summed E-state index contributed by atoms with van der Waals surface area (Å²) in [6.45, 7) is 11.8. The smallest absolute Gasteiger partial charge is 0.314 e. The van der Waals surface area contributed by atoms with E-state index >= 15 is 0 Å². The maximum absolute atomic E-state index is 12.1. The first kappa shape index (κ1) is 22.7. The van der Waals surface area contributed by atoms with Crippen molar-refractivity contribution in [1.82, 2.24) is 5.43 Å². The molecule has 1 atom stereocenters. The number of esters is 1. The standard InChI is InChI=1S/C21H32N2O4/c1-7-9-18(21(25)26-8-2)16(6)22-23-20(24)13-27-19-12-15(5)10-11-17(19)14(3)4/h10-12,14,18H,7-9,13H2,1-6H3,(H,23,24)/b22-16+/t18-/m0/s1. The van der Waals surface area contributed by atoms with E-state index in [-0.39, 0.29) is 18.5 Å². The first-order valence-electron chi connectivity index (χ1n) is 9.53. The number of hydrazone groups is 1. The fourth-order valence-corrected chi connectivity index (χ4v) is 2.68. The van der Waals surface area contributed by atoms with Crippen LogP contribution < -0.4 is 10.2 Å². The fourth-order valence-electron chi connectivity index (χ4n) is 2.68. The van der Waals surface area contributed by atoms with Crippen molar-refractivity contribution in [1.29, 1.82) is 0 Å². The van der Waals surface area contributed by atoms with Crippen LogP contribution in [0.3, 0.4) is 0 Å². The average molecular weight is 376 g/mol. The topological polar surface area (TPSA) is 77.0 Å². The van der Waals surface area contributed by atoms with Gasteiger partial charge in [-0.2, -0.15) is 5.10 Å². The molecule has 0 aliphatic rings. The van der Waals surface area contributed by atoms with Crippen molar-refractivity contribution in [3.05, 3.63) is 29.3 Å². The maximum atomic E-state index is 12.1. The Morgan fingerprint density at radius 1 is 1.22 bits per heavy atom. The van der Waals surface area contributed by atoms with Gasteiger partial charge in [0.2, 0.25) is 0 Å². The predicted molar refractivity (Wildman–Crippen MR) is 107 cm³/mol. The highest BCUT2D eigenvalue weighted by molar-refractivity contribution is 6.01. The summed E-state index contributed by atoms with van der Waals surface area (Å²) in [4.78, 5) is 24.1. The molecule has 0 unspecified atom stereocenters. The van der Waals surface area contributed by atoms with Gasteiger partial charge in [0.1, 0.15) is 5.75 Å². The first-order valence-corrected chi connectivity index (χ1v) is 9.53. The van der Waals surface area contributed by atoms with Gasteiger partial charge in [-0.1, -0.05) is 39.3 Å². The molecule has 0 aliphatic heterocycles. The Labute approximate surface area is 162 Å². The molecule has 1 rings (SSSR count). The predicted octanol–water partition coefficient (Wildman–Crippen LogP) is 3.97. The van der Waals surface area contributed by atoms with E-state index in [1.807, 2.05) is 32.0 Å². The minimum atomic E-state index is -0.444. The highest BCUT2D eigenvalue weighted by Gasteiger charge is 2.22. The molecule has 0 fully saturated rings. The molecule has 0 aliphatic carbocycles. The number of hydrogen-bond donors (Lipinski definition) is 1. The first-order chi connectivity index (χ1) is 12.8. The van der Waals surface area contributed by atoms with Crippen LogP contribution in [0, 0.1) is 12.8 Å². The molecule has 1 aromatic carbocycles. The van der Waals surface area contributed by atoms with Crippen LogP contribution in [0.1, 0.15) is 64.5 Å². The van der Waals surface area contributed by atoms with E-state index in [1.54, 1.807) is 13.8 Å². The number of carbonyl (C=O) groups is 2. The fraction of sp³-hybridized carbons (Fsp3) is 0.571. The van der Waals surface area contributed by atoms with Crippen LogP contribution in [-0.4, -0.2) is 30.8 Å². The molecule has 1 amide bonds. The zero-order chi connectivity index (χ0) is 20.4. The minimum absolute atomic E-state index is 0.141. The Bertz CT molecular complexity index is 668. The second kappa shape index (κ2) is 11.4. The second-order valence-corrected chi connectivity index (χ2v) is 6.87. The molecule has 0 heterocycles. The Morgan fingerprint density at radius 3 is 2.52 bits per heavy atom. The van der Waals surface area contributed by atoms with Gasteiger partial charge in [-0.25, -0.2) is 5.43 Å². The third-order valence-corrected chi connectivity index (χ3v) is 4.16. The van der Waals surface area contributed by atoms with Crippen LogP contribution in [0.2, 0.25) is 0 Å². The third kappa shape index (κ3) is 7.41. The lowest BCUT2D eigenvalue weighted by Gasteiger charge is -2.15. The molecule has 150 valence electrons. The van der Waals surface area contributed by atoms with Crippen LogP contribution in [0.5, 0.6) is 5.75 Å². The van der Waals surface area contributed by atoms with Gasteiger partial charge in [-0.05, 0) is 50.3 Å². The van der Waals surface area contributed by atoms with E-state index in [0.717, 1.165) is 17.5 Å². The number of carbonyl (C=O) groups excluding carboxylic acids is 2. The van der Waals surface area contributed by atoms with E-state index in [9.17, 15) is 9.59 Å². The van der Waals surface area contributed by atoms with Crippen LogP contribution in [0.25, 0.3) is 0 Å². The maximum Gasteiger partial charge on any atom is 0.314 e. The van der Waals surface area contributed by atoms with Gasteiger partial charge in [0, 0.05) is 5.71 Å². The average Bonchev–Trinajstić information content (AvgIpc) is 2.62. The number of nitrogens with zero attached hydrogens (tertiary/aromatic N) is 1. The lowest BCUT2D eigenvalue weighted by atomic mass is 9.99. The molecule has 0 saturated heterocycles. The molecule has 0 spiro atoms. The zero-order valence-electron chi connectivity index (χ0n) is 17.3. The summed E-state index contributed by atoms with van der Waals surface area (Å²) >= 11 is 0. The minimum Gasteiger partial charge on any atom is -0.483 e. The molecule has 0 radical (unpaired) electrons. The molecule has 1 N–H and O–H groups in total. The third-order valence-electron chi connectivity index (χ3n) is 4.16. The van der Waals surface area contributed by atoms with Crippen molar-refractivity contribution in [2.75, 3.05) is 13.2 Å². The van der Waals surface area contributed by atoms with Crippen LogP contribution in [0.15, 0.2) is 23.3 Å². The lowest BCUT2D eigenvalue weighted by Crippen LogP contribution is -2.30. The molecule has 0 bridgehead atoms. The second-order valence-electron chi connectivity index (χ2n) is 6.87. The number of amides is 1. The van der Waals surface area contributed by atoms with Gasteiger partial charge in [0.05, 0.1) is 12.5 Å². The molecule has 1 aromatic rings. The SMILES string of the molecule is CCC[C@H](C(=O)OCC)/C(C)=N/NC(=O)COc1cc(C)ccc1C(C)C. The zero-order valence-corrected chi connectivity index (χ0v) is 17.3. The molecular formula is C21H32N2O4. The number of aryl methyl sites for hydroxylation is 1. The van der Waals surface area contributed by atoms with Gasteiger partial charge < -0.3 is 9.47 Å². The Kier molecular flexibility index (Phi) is 9.54. The van der Waals surface area contributed by atoms with Gasteiger partial charge >= 0.3 is 5.97 Å². The molecular weight excluding hydrogens is 344 g/mol. The van der Waals surface area contributed by atoms with E-state index in [1.165, 1.54) is 0 Å². The van der Waals surface area contributed by atoms with E-state index < -0.39 is 5.92 Å². The summed E-state index contributed by atoms with van der Waals surface area (Å²) in [5.41, 5.74) is 5.12. The number of hydrogen-bond acceptors (Lipinski definition) is 5. The van der Waals surface area contributed by atoms with Crippen LogP contribution >= 0.6 is 0 Å². The van der Waals surface area contributed by atoms with E-state index in [4.69, 9.17) is 9.47 Å². The summed E-state index contributed by atoms with van der Waals surface area (Å²) in [7, 11) is 0. The van der Waals surface area contributed by atoms with Gasteiger partial charge in [0.15, 0.2) is 6.61 Å². The van der Waals surface area contributed by atoms with Gasteiger partial charge in [-0.3, -0.25) is 9.59 Å². The number of nitrogens with one attached hydrogen (secondary N) is 1. The van der Waals surface area contributed by atoms with Crippen molar-refractivity contribution in [2.45, 2.75) is 60.3 Å². The quantitative estimate of drug-likeness (QED) is 0.381. The van der Waals surface area contributed by atoms with Crippen molar-refractivity contribution in [3.63, 3.8) is 0 Å². The molecule has 6 heteroatoms. The Balaban J connectivity index is 2.70. The largest absolute Gasteiger partial charge is 0.483 e. The van der Waals surface area contributed by atoms with E-state index in [0.29, 0.717) is 30.4 Å². The normalized spacial score (nSPS) is 12.6. The number of ether oxygens (including phenoxy) is 2. The summed E-state index contributed by atoms with van der Waals surface area (Å²) in [5.74, 6) is -0.128. The Hall–Kier alpha value is -2.37. The van der Waals surface area contributed by atoms with Crippen molar-refractivity contribution in [3.8, 4) is 5.75 Å². The molecule has 0 saturated carbocycles. The lowest BCUT2D eigenvalue weighted by molar-refractivity contribution is -0.145. The summed E-state index contributed by atoms with van der Waals surface area (Å²) in [6.07, 6.45) is 1.44. The molecule has 0 aromatic heterocycles. The highest BCUT2D eigenvalue weighted by Crippen LogP contribution is 2.27. The van der Waals surface area contributed by atoms with Gasteiger partial charge in [0.25, 0.3) is 5.91 Å². The number of rotatable bonds is 10. The summed E-state index contributed by atoms with van der Waals surface area (Å²) in [5, 5.41) is 4.07. The van der Waals surface area contributed by atoms with E-state index in [2.05, 4.69) is 24.4 Å². The van der Waals surface area contributed by atoms with Crippen molar-refractivity contribution >= 4 is 17.6 Å². The van der Waals surface area contributed by atoms with Crippen molar-refractivity contribution in [2.24, 2.45) is 11.0 Å². The number of benzene rings is 1. The Morgan fingerprint density at radius 2 is 1.93 bits per heavy atom. The van der Waals surface area contributed by atoms with Gasteiger partial charge in [-0.15, -0.1) is 0 Å². The molecule has 27 heavy (non-hydrogen) atoms. The molecule has 6 nitrogen and oxygen atoms in total. The van der Waals surface area contributed by atoms with Crippen molar-refractivity contribution < 1.29 is 19.1 Å². The van der Waals surface area contributed by atoms with Crippen LogP contribution in [0.4, 0.5) is 0 Å². The van der Waals surface area contributed by atoms with Crippen LogP contribution in [-0.2, 0) is 14.3 Å². The summed E-state index contributed by atoms with van der Waals surface area (Å²) < 4.78 is 10.8. The summed E-state index contributed by atoms with van der Waals surface area (Å²) in [6, 6.07) is 5.97. The highest BCUT2D eigenvalue weighted by atomic mass is 16.5. The monoisotopic (exact) mass is 376 g/mol.